The van der Waals surface area contributed by atoms with Crippen molar-refractivity contribution in [1.29, 1.82) is 0 Å². The lowest BCUT2D eigenvalue weighted by Crippen LogP contribution is -2.25. The molecule has 0 aromatic carbocycles. The summed E-state index contributed by atoms with van der Waals surface area (Å²) in [6, 6.07) is 0. The molecular formula is C16H30O5. The zero-order valence-electron chi connectivity index (χ0n) is 13.2. The Balaban J connectivity index is 3.93. The van der Waals surface area contributed by atoms with Gasteiger partial charge < -0.3 is 24.4 Å². The van der Waals surface area contributed by atoms with Gasteiger partial charge in [-0.25, -0.2) is 0 Å². The predicted molar refractivity (Wildman–Crippen MR) is 82.8 cm³/mol. The first kappa shape index (κ1) is 20.3. The Morgan fingerprint density at radius 1 is 0.714 bits per heavy atom. The second kappa shape index (κ2) is 15.7. The number of aliphatic hydroxyl groups is 2. The van der Waals surface area contributed by atoms with E-state index in [4.69, 9.17) is 24.4 Å². The van der Waals surface area contributed by atoms with Gasteiger partial charge in [-0.1, -0.05) is 24.3 Å². The van der Waals surface area contributed by atoms with E-state index in [0.29, 0.717) is 12.8 Å². The summed E-state index contributed by atoms with van der Waals surface area (Å²) in [5.74, 6) is 0. The van der Waals surface area contributed by atoms with E-state index >= 15 is 0 Å². The molecule has 0 bridgehead atoms. The third kappa shape index (κ3) is 12.7. The van der Waals surface area contributed by atoms with Crippen LogP contribution >= 0.6 is 0 Å². The van der Waals surface area contributed by atoms with Crippen molar-refractivity contribution in [3.63, 3.8) is 0 Å². The highest BCUT2D eigenvalue weighted by Gasteiger charge is 2.14. The van der Waals surface area contributed by atoms with Crippen LogP contribution < -0.4 is 0 Å². The summed E-state index contributed by atoms with van der Waals surface area (Å²) in [4.78, 5) is 0. The minimum Gasteiger partial charge on any atom is -0.396 e. The molecule has 0 spiro atoms. The highest BCUT2D eigenvalue weighted by Crippen LogP contribution is 2.12. The summed E-state index contributed by atoms with van der Waals surface area (Å²) < 4.78 is 16.3. The van der Waals surface area contributed by atoms with Crippen LogP contribution in [0.4, 0.5) is 0 Å². The molecule has 2 unspecified atom stereocenters. The number of allylic oxidation sites excluding steroid dienone is 2. The van der Waals surface area contributed by atoms with Crippen LogP contribution in [0.1, 0.15) is 38.5 Å². The fourth-order valence-corrected chi connectivity index (χ4v) is 1.74. The zero-order chi connectivity index (χ0) is 15.8. The molecule has 0 amide bonds. The summed E-state index contributed by atoms with van der Waals surface area (Å²) in [6.07, 6.45) is 11.9. The molecule has 0 rings (SSSR count). The molecule has 0 aromatic heterocycles. The Hall–Kier alpha value is -0.720. The quantitative estimate of drug-likeness (QED) is 0.381. The maximum atomic E-state index is 8.67. The summed E-state index contributed by atoms with van der Waals surface area (Å²) in [5.41, 5.74) is 0. The maximum absolute atomic E-state index is 8.67. The van der Waals surface area contributed by atoms with Gasteiger partial charge in [0, 0.05) is 40.3 Å². The van der Waals surface area contributed by atoms with Crippen molar-refractivity contribution < 1.29 is 24.4 Å². The van der Waals surface area contributed by atoms with Gasteiger partial charge in [-0.2, -0.15) is 0 Å². The third-order valence-corrected chi connectivity index (χ3v) is 2.89. The van der Waals surface area contributed by atoms with Crippen LogP contribution in [0.2, 0.25) is 0 Å². The normalized spacial score (nSPS) is 15.0. The molecule has 2 atom stereocenters. The van der Waals surface area contributed by atoms with E-state index in [1.54, 1.807) is 14.2 Å². The summed E-state index contributed by atoms with van der Waals surface area (Å²) in [6.45, 7) is 0.354. The number of rotatable bonds is 14. The van der Waals surface area contributed by atoms with Gasteiger partial charge in [-0.3, -0.25) is 0 Å². The van der Waals surface area contributed by atoms with Crippen LogP contribution in [0.15, 0.2) is 24.3 Å². The third-order valence-electron chi connectivity index (χ3n) is 2.89. The first-order valence-electron chi connectivity index (χ1n) is 7.51. The predicted octanol–water partition coefficient (Wildman–Crippen LogP) is 2.39. The van der Waals surface area contributed by atoms with Gasteiger partial charge in [0.25, 0.3) is 0 Å². The smallest absolute Gasteiger partial charge is 0.160 e. The Labute approximate surface area is 128 Å². The summed E-state index contributed by atoms with van der Waals surface area (Å²) >= 11 is 0. The van der Waals surface area contributed by atoms with Crippen LogP contribution in [-0.4, -0.2) is 50.2 Å². The number of hydrogen-bond acceptors (Lipinski definition) is 5. The zero-order valence-corrected chi connectivity index (χ0v) is 13.2. The Bertz CT molecular complexity index is 239. The Morgan fingerprint density at radius 2 is 1.10 bits per heavy atom. The molecule has 21 heavy (non-hydrogen) atoms. The molecule has 0 aliphatic rings. The highest BCUT2D eigenvalue weighted by molar-refractivity contribution is 4.82. The molecular weight excluding hydrogens is 272 g/mol. The van der Waals surface area contributed by atoms with E-state index in [1.165, 1.54) is 0 Å². The Kier molecular flexibility index (Phi) is 15.1. The molecule has 0 fully saturated rings. The number of aliphatic hydroxyl groups excluding tert-OH is 2. The molecule has 0 radical (unpaired) electrons. The SMILES string of the molecule is COC(CC/C=C\CCO)OC(CC/C=C\CCO)OC. The van der Waals surface area contributed by atoms with Crippen molar-refractivity contribution >= 4 is 0 Å². The molecule has 5 nitrogen and oxygen atoms in total. The van der Waals surface area contributed by atoms with Gasteiger partial charge in [0.05, 0.1) is 0 Å². The van der Waals surface area contributed by atoms with E-state index in [-0.39, 0.29) is 25.8 Å². The molecule has 124 valence electrons. The van der Waals surface area contributed by atoms with Gasteiger partial charge >= 0.3 is 0 Å². The van der Waals surface area contributed by atoms with Crippen LogP contribution in [0.3, 0.4) is 0 Å². The molecule has 0 heterocycles. The lowest BCUT2D eigenvalue weighted by atomic mass is 10.2. The van der Waals surface area contributed by atoms with E-state index in [2.05, 4.69) is 0 Å². The second-order valence-corrected chi connectivity index (χ2v) is 4.59. The van der Waals surface area contributed by atoms with Gasteiger partial charge in [-0.05, 0) is 25.7 Å². The average Bonchev–Trinajstić information content (AvgIpc) is 2.51. The fourth-order valence-electron chi connectivity index (χ4n) is 1.74. The summed E-state index contributed by atoms with van der Waals surface area (Å²) in [7, 11) is 3.24. The molecule has 0 aliphatic heterocycles. The number of methoxy groups -OCH3 is 2. The van der Waals surface area contributed by atoms with Crippen LogP contribution in [0.5, 0.6) is 0 Å². The topological polar surface area (TPSA) is 68.2 Å². The van der Waals surface area contributed by atoms with E-state index < -0.39 is 0 Å². The lowest BCUT2D eigenvalue weighted by Gasteiger charge is -2.22. The molecule has 5 heteroatoms. The second-order valence-electron chi connectivity index (χ2n) is 4.59. The fraction of sp³-hybridized carbons (Fsp3) is 0.750. The monoisotopic (exact) mass is 302 g/mol. The van der Waals surface area contributed by atoms with Gasteiger partial charge in [-0.15, -0.1) is 0 Å². The number of ether oxygens (including phenoxy) is 3. The van der Waals surface area contributed by atoms with Gasteiger partial charge in [0.1, 0.15) is 0 Å². The molecule has 0 saturated heterocycles. The highest BCUT2D eigenvalue weighted by atomic mass is 16.8. The van der Waals surface area contributed by atoms with E-state index in [1.807, 2.05) is 24.3 Å². The largest absolute Gasteiger partial charge is 0.396 e. The molecule has 0 saturated carbocycles. The summed E-state index contributed by atoms with van der Waals surface area (Å²) in [5, 5.41) is 17.3. The van der Waals surface area contributed by atoms with Crippen molar-refractivity contribution in [2.75, 3.05) is 27.4 Å². The van der Waals surface area contributed by atoms with Crippen molar-refractivity contribution in [3.05, 3.63) is 24.3 Å². The van der Waals surface area contributed by atoms with Crippen LogP contribution in [0, 0.1) is 0 Å². The minimum absolute atomic E-state index is 0.177. The Morgan fingerprint density at radius 3 is 1.43 bits per heavy atom. The van der Waals surface area contributed by atoms with Gasteiger partial charge in [0.15, 0.2) is 12.6 Å². The van der Waals surface area contributed by atoms with Crippen molar-refractivity contribution in [1.82, 2.24) is 0 Å². The maximum Gasteiger partial charge on any atom is 0.160 e. The first-order valence-corrected chi connectivity index (χ1v) is 7.51. The molecule has 0 aromatic rings. The number of hydrogen-bond donors (Lipinski definition) is 2. The van der Waals surface area contributed by atoms with Crippen molar-refractivity contribution in [2.24, 2.45) is 0 Å². The standard InChI is InChI=1S/C16H30O5/c1-19-15(11-7-3-5-9-13-17)21-16(20-2)12-8-4-6-10-14-18/h3-6,15-18H,7-14H2,1-2H3/b5-3-,6-4-. The molecule has 0 aliphatic carbocycles. The van der Waals surface area contributed by atoms with Crippen molar-refractivity contribution in [3.8, 4) is 0 Å². The molecule has 2 N–H and O–H groups in total. The van der Waals surface area contributed by atoms with E-state index in [0.717, 1.165) is 25.7 Å². The van der Waals surface area contributed by atoms with Crippen LogP contribution in [-0.2, 0) is 14.2 Å². The van der Waals surface area contributed by atoms with Crippen LogP contribution in [0.25, 0.3) is 0 Å². The van der Waals surface area contributed by atoms with Gasteiger partial charge in [0.2, 0.25) is 0 Å². The average molecular weight is 302 g/mol. The van der Waals surface area contributed by atoms with E-state index in [9.17, 15) is 0 Å². The lowest BCUT2D eigenvalue weighted by molar-refractivity contribution is -0.232. The van der Waals surface area contributed by atoms with Crippen molar-refractivity contribution in [2.45, 2.75) is 51.1 Å². The first-order chi connectivity index (χ1) is 10.3. The minimum atomic E-state index is -0.296.